The van der Waals surface area contributed by atoms with Gasteiger partial charge in [0.1, 0.15) is 22.5 Å². The summed E-state index contributed by atoms with van der Waals surface area (Å²) in [5.41, 5.74) is 5.47. The molecule has 2 saturated heterocycles. The van der Waals surface area contributed by atoms with Crippen LogP contribution in [0.15, 0.2) is 54.3 Å². The van der Waals surface area contributed by atoms with E-state index in [4.69, 9.17) is 4.98 Å². The van der Waals surface area contributed by atoms with Crippen LogP contribution in [0.4, 0.5) is 5.69 Å². The summed E-state index contributed by atoms with van der Waals surface area (Å²) >= 11 is 1.52. The summed E-state index contributed by atoms with van der Waals surface area (Å²) in [7, 11) is 2.16. The average molecular weight is 500 g/mol. The lowest BCUT2D eigenvalue weighted by molar-refractivity contribution is 0.0707. The minimum Gasteiger partial charge on any atom is -0.368 e. The lowest BCUT2D eigenvalue weighted by Gasteiger charge is -2.34. The second-order valence-electron chi connectivity index (χ2n) is 9.58. The molecule has 8 nitrogen and oxygen atoms in total. The second-order valence-corrected chi connectivity index (χ2v) is 10.4. The fraction of sp³-hybridized carbons (Fsp3) is 0.370. The van der Waals surface area contributed by atoms with E-state index in [0.29, 0.717) is 18.8 Å². The maximum atomic E-state index is 13.1. The number of hydrogen-bond donors (Lipinski definition) is 0. The SMILES string of the molecule is CN1CCN(c2cnc3c(C4CCN(C(=O)c5csc(-c6ccccc6)n5)CC4)ncnc3c2)CC1. The van der Waals surface area contributed by atoms with Gasteiger partial charge in [0.25, 0.3) is 5.91 Å². The van der Waals surface area contributed by atoms with Crippen LogP contribution in [0.2, 0.25) is 0 Å². The Morgan fingerprint density at radius 1 is 0.972 bits per heavy atom. The predicted octanol–water partition coefficient (Wildman–Crippen LogP) is 3.92. The minimum atomic E-state index is 0.00868. The van der Waals surface area contributed by atoms with E-state index in [1.807, 2.05) is 46.8 Å². The van der Waals surface area contributed by atoms with Crippen molar-refractivity contribution < 1.29 is 4.79 Å². The molecule has 1 amide bonds. The van der Waals surface area contributed by atoms with E-state index in [9.17, 15) is 4.79 Å². The molecular weight excluding hydrogens is 470 g/mol. The molecule has 0 atom stereocenters. The van der Waals surface area contributed by atoms with Crippen molar-refractivity contribution in [2.75, 3.05) is 51.2 Å². The molecular formula is C27H29N7OS. The quantitative estimate of drug-likeness (QED) is 0.421. The number of thiazole rings is 1. The van der Waals surface area contributed by atoms with Crippen LogP contribution < -0.4 is 4.90 Å². The van der Waals surface area contributed by atoms with Gasteiger partial charge in [-0.3, -0.25) is 9.78 Å². The minimum absolute atomic E-state index is 0.00868. The largest absolute Gasteiger partial charge is 0.368 e. The molecule has 2 aliphatic heterocycles. The molecule has 6 rings (SSSR count). The highest BCUT2D eigenvalue weighted by atomic mass is 32.1. The number of piperazine rings is 1. The van der Waals surface area contributed by atoms with E-state index in [0.717, 1.165) is 72.0 Å². The molecule has 0 radical (unpaired) electrons. The third kappa shape index (κ3) is 4.56. The molecule has 0 unspecified atom stereocenters. The maximum Gasteiger partial charge on any atom is 0.273 e. The van der Waals surface area contributed by atoms with Gasteiger partial charge in [0.15, 0.2) is 0 Å². The van der Waals surface area contributed by atoms with Gasteiger partial charge in [0, 0.05) is 56.1 Å². The number of likely N-dealkylation sites (N-methyl/N-ethyl adjacent to an activating group) is 1. The van der Waals surface area contributed by atoms with Gasteiger partial charge in [-0.15, -0.1) is 11.3 Å². The number of carbonyl (C=O) groups excluding carboxylic acids is 1. The first-order chi connectivity index (χ1) is 17.7. The summed E-state index contributed by atoms with van der Waals surface area (Å²) in [6.45, 7) is 5.48. The summed E-state index contributed by atoms with van der Waals surface area (Å²) in [5, 5.41) is 2.75. The first-order valence-electron chi connectivity index (χ1n) is 12.5. The number of carbonyl (C=O) groups is 1. The van der Waals surface area contributed by atoms with Gasteiger partial charge in [-0.25, -0.2) is 15.0 Å². The molecule has 5 heterocycles. The number of benzene rings is 1. The highest BCUT2D eigenvalue weighted by Gasteiger charge is 2.28. The smallest absolute Gasteiger partial charge is 0.273 e. The number of fused-ring (bicyclic) bond motifs is 1. The molecule has 0 bridgehead atoms. The Morgan fingerprint density at radius 3 is 2.53 bits per heavy atom. The number of pyridine rings is 1. The van der Waals surface area contributed by atoms with Crippen LogP contribution >= 0.6 is 11.3 Å². The summed E-state index contributed by atoms with van der Waals surface area (Å²) in [4.78, 5) is 38.4. The van der Waals surface area contributed by atoms with Gasteiger partial charge in [-0.05, 0) is 26.0 Å². The molecule has 9 heteroatoms. The van der Waals surface area contributed by atoms with Gasteiger partial charge in [-0.2, -0.15) is 0 Å². The van der Waals surface area contributed by atoms with Crippen molar-refractivity contribution in [3.05, 3.63) is 65.7 Å². The normalized spacial score (nSPS) is 17.6. The Kier molecular flexibility index (Phi) is 6.33. The summed E-state index contributed by atoms with van der Waals surface area (Å²) in [6, 6.07) is 12.1. The summed E-state index contributed by atoms with van der Waals surface area (Å²) < 4.78 is 0. The van der Waals surface area contributed by atoms with Gasteiger partial charge < -0.3 is 14.7 Å². The third-order valence-corrected chi connectivity index (χ3v) is 8.16. The van der Waals surface area contributed by atoms with Crippen LogP contribution in [-0.2, 0) is 0 Å². The molecule has 184 valence electrons. The third-order valence-electron chi connectivity index (χ3n) is 7.27. The lowest BCUT2D eigenvalue weighted by atomic mass is 9.92. The van der Waals surface area contributed by atoms with Gasteiger partial charge in [0.2, 0.25) is 0 Å². The first kappa shape index (κ1) is 23.0. The second kappa shape index (κ2) is 9.91. The predicted molar refractivity (Wildman–Crippen MR) is 142 cm³/mol. The van der Waals surface area contributed by atoms with Crippen molar-refractivity contribution >= 4 is 34.0 Å². The molecule has 0 aliphatic carbocycles. The number of amides is 1. The van der Waals surface area contributed by atoms with Crippen LogP contribution in [0, 0.1) is 0 Å². The molecule has 2 aliphatic rings. The van der Waals surface area contributed by atoms with Gasteiger partial charge >= 0.3 is 0 Å². The van der Waals surface area contributed by atoms with Crippen LogP contribution in [0.3, 0.4) is 0 Å². The molecule has 2 fully saturated rings. The number of likely N-dealkylation sites (tertiary alicyclic amines) is 1. The van der Waals surface area contributed by atoms with Crippen LogP contribution in [0.5, 0.6) is 0 Å². The summed E-state index contributed by atoms with van der Waals surface area (Å²) in [5.74, 6) is 0.270. The van der Waals surface area contributed by atoms with E-state index in [1.165, 1.54) is 11.3 Å². The number of rotatable bonds is 4. The molecule has 3 aromatic heterocycles. The zero-order valence-electron chi connectivity index (χ0n) is 20.4. The Bertz CT molecular complexity index is 1360. The fourth-order valence-corrected chi connectivity index (χ4v) is 5.89. The highest BCUT2D eigenvalue weighted by Crippen LogP contribution is 2.32. The average Bonchev–Trinajstić information content (AvgIpc) is 3.44. The number of aromatic nitrogens is 4. The van der Waals surface area contributed by atoms with Crippen LogP contribution in [-0.4, -0.2) is 82.0 Å². The highest BCUT2D eigenvalue weighted by molar-refractivity contribution is 7.13. The molecule has 36 heavy (non-hydrogen) atoms. The molecule has 0 saturated carbocycles. The topological polar surface area (TPSA) is 78.4 Å². The Hall–Kier alpha value is -3.43. The Balaban J connectivity index is 1.14. The number of hydrogen-bond acceptors (Lipinski definition) is 8. The van der Waals surface area contributed by atoms with E-state index in [-0.39, 0.29) is 11.8 Å². The van der Waals surface area contributed by atoms with Crippen molar-refractivity contribution in [3.63, 3.8) is 0 Å². The lowest BCUT2D eigenvalue weighted by Crippen LogP contribution is -2.44. The number of piperidine rings is 1. The molecule has 4 aromatic rings. The van der Waals surface area contributed by atoms with E-state index in [1.54, 1.807) is 6.33 Å². The van der Waals surface area contributed by atoms with Crippen molar-refractivity contribution in [1.29, 1.82) is 0 Å². The Labute approximate surface area is 214 Å². The van der Waals surface area contributed by atoms with E-state index in [2.05, 4.69) is 37.9 Å². The fourth-order valence-electron chi connectivity index (χ4n) is 5.09. The zero-order chi connectivity index (χ0) is 24.5. The van der Waals surface area contributed by atoms with Gasteiger partial charge in [0.05, 0.1) is 23.1 Å². The van der Waals surface area contributed by atoms with Crippen LogP contribution in [0.1, 0.15) is 34.9 Å². The molecule has 1 aromatic carbocycles. The molecule has 0 spiro atoms. The monoisotopic (exact) mass is 499 g/mol. The Morgan fingerprint density at radius 2 is 1.75 bits per heavy atom. The van der Waals surface area contributed by atoms with Gasteiger partial charge in [-0.1, -0.05) is 30.3 Å². The molecule has 0 N–H and O–H groups in total. The number of anilines is 1. The first-order valence-corrected chi connectivity index (χ1v) is 13.4. The standard InChI is InChI=1S/C27H29N7OS/c1-32-11-13-33(14-12-32)21-15-22-25(28-16-21)24(30-18-29-22)19-7-9-34(10-8-19)27(35)23-17-36-26(31-23)20-5-3-2-4-6-20/h2-6,15-19H,7-14H2,1H3. The van der Waals surface area contributed by atoms with E-state index < -0.39 is 0 Å². The van der Waals surface area contributed by atoms with E-state index >= 15 is 0 Å². The summed E-state index contributed by atoms with van der Waals surface area (Å²) in [6.07, 6.45) is 5.33. The van der Waals surface area contributed by atoms with Crippen molar-refractivity contribution in [2.24, 2.45) is 0 Å². The van der Waals surface area contributed by atoms with Crippen LogP contribution in [0.25, 0.3) is 21.6 Å². The van der Waals surface area contributed by atoms with Crippen molar-refractivity contribution in [1.82, 2.24) is 29.7 Å². The van der Waals surface area contributed by atoms with Crippen molar-refractivity contribution in [3.8, 4) is 10.6 Å². The number of nitrogens with zero attached hydrogens (tertiary/aromatic N) is 7. The van der Waals surface area contributed by atoms with Crippen molar-refractivity contribution in [2.45, 2.75) is 18.8 Å². The maximum absolute atomic E-state index is 13.1. The zero-order valence-corrected chi connectivity index (χ0v) is 21.2.